The summed E-state index contributed by atoms with van der Waals surface area (Å²) >= 11 is 4.29. The third-order valence-corrected chi connectivity index (χ3v) is 2.26. The van der Waals surface area contributed by atoms with Crippen molar-refractivity contribution in [2.24, 2.45) is 0 Å². The van der Waals surface area contributed by atoms with Crippen LogP contribution in [-0.2, 0) is 4.79 Å². The molecule has 0 heterocycles. The normalized spacial score (nSPS) is 13.0. The zero-order valence-corrected chi connectivity index (χ0v) is 10.6. The fourth-order valence-corrected chi connectivity index (χ4v) is 1.70. The number of carbonyl (C=O) groups is 1. The molecule has 0 aromatic heterocycles. The Balaban J connectivity index is 3.91. The molecule has 4 heteroatoms. The predicted molar refractivity (Wildman–Crippen MR) is 63.9 cm³/mol. The Morgan fingerprint density at radius 3 is 2.21 bits per heavy atom. The van der Waals surface area contributed by atoms with Crippen molar-refractivity contribution in [1.29, 1.82) is 0 Å². The molecule has 0 aromatic carbocycles. The Hall–Kier alpha value is -0.220. The lowest BCUT2D eigenvalue weighted by Crippen LogP contribution is -2.40. The van der Waals surface area contributed by atoms with Gasteiger partial charge in [0.2, 0.25) is 5.91 Å². The standard InChI is InChI=1S/C10H22N2OS/c1-5-12(6-2)10(13)8-11(4)7-9(3)14/h9,14H,5-8H2,1-4H3/t9-/m0/s1. The minimum Gasteiger partial charge on any atom is -0.342 e. The summed E-state index contributed by atoms with van der Waals surface area (Å²) in [5.41, 5.74) is 0. The first-order valence-corrected chi connectivity index (χ1v) is 5.67. The van der Waals surface area contributed by atoms with Crippen LogP contribution < -0.4 is 0 Å². The van der Waals surface area contributed by atoms with Crippen molar-refractivity contribution in [1.82, 2.24) is 9.80 Å². The molecule has 0 N–H and O–H groups in total. The third-order valence-electron chi connectivity index (χ3n) is 2.10. The lowest BCUT2D eigenvalue weighted by molar-refractivity contribution is -0.131. The molecule has 84 valence electrons. The molecule has 0 unspecified atom stereocenters. The predicted octanol–water partition coefficient (Wildman–Crippen LogP) is 1.10. The minimum absolute atomic E-state index is 0.200. The van der Waals surface area contributed by atoms with Gasteiger partial charge in [-0.2, -0.15) is 12.6 Å². The Morgan fingerprint density at radius 2 is 1.86 bits per heavy atom. The second kappa shape index (κ2) is 7.12. The topological polar surface area (TPSA) is 23.6 Å². The van der Waals surface area contributed by atoms with Crippen LogP contribution in [0.2, 0.25) is 0 Å². The van der Waals surface area contributed by atoms with Crippen LogP contribution in [0.3, 0.4) is 0 Å². The molecule has 0 aliphatic rings. The number of amides is 1. The highest BCUT2D eigenvalue weighted by molar-refractivity contribution is 7.80. The largest absolute Gasteiger partial charge is 0.342 e. The van der Waals surface area contributed by atoms with Crippen molar-refractivity contribution in [3.8, 4) is 0 Å². The van der Waals surface area contributed by atoms with Gasteiger partial charge in [-0.1, -0.05) is 6.92 Å². The lowest BCUT2D eigenvalue weighted by atomic mass is 10.4. The van der Waals surface area contributed by atoms with Gasteiger partial charge in [-0.3, -0.25) is 9.69 Å². The Labute approximate surface area is 92.9 Å². The minimum atomic E-state index is 0.200. The number of rotatable bonds is 6. The molecule has 0 aliphatic heterocycles. The van der Waals surface area contributed by atoms with Gasteiger partial charge in [0, 0.05) is 24.9 Å². The van der Waals surface area contributed by atoms with Crippen LogP contribution in [0.5, 0.6) is 0 Å². The summed E-state index contributed by atoms with van der Waals surface area (Å²) in [6, 6.07) is 0. The van der Waals surface area contributed by atoms with E-state index in [0.29, 0.717) is 11.8 Å². The maximum absolute atomic E-state index is 11.7. The number of carbonyl (C=O) groups excluding carboxylic acids is 1. The average molecular weight is 218 g/mol. The summed E-state index contributed by atoms with van der Waals surface area (Å²) in [6.07, 6.45) is 0. The Kier molecular flexibility index (Phi) is 7.01. The van der Waals surface area contributed by atoms with Crippen LogP contribution in [-0.4, -0.2) is 54.2 Å². The number of hydrogen-bond donors (Lipinski definition) is 1. The quantitative estimate of drug-likeness (QED) is 0.675. The average Bonchev–Trinajstić information content (AvgIpc) is 2.04. The van der Waals surface area contributed by atoms with E-state index in [4.69, 9.17) is 0 Å². The van der Waals surface area contributed by atoms with Crippen molar-refractivity contribution >= 4 is 18.5 Å². The molecule has 0 saturated heterocycles. The molecular formula is C10H22N2OS. The lowest BCUT2D eigenvalue weighted by Gasteiger charge is -2.23. The van der Waals surface area contributed by atoms with Crippen molar-refractivity contribution < 1.29 is 4.79 Å². The van der Waals surface area contributed by atoms with Crippen molar-refractivity contribution in [3.05, 3.63) is 0 Å². The van der Waals surface area contributed by atoms with Gasteiger partial charge in [0.25, 0.3) is 0 Å². The fourth-order valence-electron chi connectivity index (χ4n) is 1.42. The van der Waals surface area contributed by atoms with Crippen LogP contribution in [0.4, 0.5) is 0 Å². The summed E-state index contributed by atoms with van der Waals surface area (Å²) in [5, 5.41) is 0.310. The number of hydrogen-bond acceptors (Lipinski definition) is 3. The van der Waals surface area contributed by atoms with E-state index < -0.39 is 0 Å². The van der Waals surface area contributed by atoms with E-state index in [0.717, 1.165) is 19.6 Å². The van der Waals surface area contributed by atoms with E-state index in [1.807, 2.05) is 37.6 Å². The summed E-state index contributed by atoms with van der Waals surface area (Å²) in [5.74, 6) is 0.200. The number of thiol groups is 1. The van der Waals surface area contributed by atoms with Crippen molar-refractivity contribution in [3.63, 3.8) is 0 Å². The van der Waals surface area contributed by atoms with E-state index >= 15 is 0 Å². The second-order valence-corrected chi connectivity index (χ2v) is 4.49. The molecule has 1 amide bonds. The molecule has 0 aliphatic carbocycles. The van der Waals surface area contributed by atoms with E-state index in [1.54, 1.807) is 0 Å². The molecule has 0 bridgehead atoms. The van der Waals surface area contributed by atoms with Gasteiger partial charge in [-0.15, -0.1) is 0 Å². The van der Waals surface area contributed by atoms with Gasteiger partial charge in [0.1, 0.15) is 0 Å². The Morgan fingerprint density at radius 1 is 1.36 bits per heavy atom. The second-order valence-electron chi connectivity index (χ2n) is 3.61. The van der Waals surface area contributed by atoms with Crippen LogP contribution >= 0.6 is 12.6 Å². The zero-order chi connectivity index (χ0) is 11.1. The van der Waals surface area contributed by atoms with Crippen molar-refractivity contribution in [2.45, 2.75) is 26.0 Å². The molecular weight excluding hydrogens is 196 g/mol. The summed E-state index contributed by atoms with van der Waals surface area (Å²) in [7, 11) is 1.95. The highest BCUT2D eigenvalue weighted by atomic mass is 32.1. The van der Waals surface area contributed by atoms with Crippen LogP contribution in [0, 0.1) is 0 Å². The molecule has 0 fully saturated rings. The highest BCUT2D eigenvalue weighted by Crippen LogP contribution is 1.97. The molecule has 1 atom stereocenters. The monoisotopic (exact) mass is 218 g/mol. The van der Waals surface area contributed by atoms with E-state index in [-0.39, 0.29) is 5.91 Å². The van der Waals surface area contributed by atoms with Gasteiger partial charge in [-0.05, 0) is 20.9 Å². The van der Waals surface area contributed by atoms with Crippen molar-refractivity contribution in [2.75, 3.05) is 33.2 Å². The first-order valence-electron chi connectivity index (χ1n) is 5.15. The Bertz CT molecular complexity index is 170. The summed E-state index contributed by atoms with van der Waals surface area (Å²) < 4.78 is 0. The van der Waals surface area contributed by atoms with Crippen LogP contribution in [0.15, 0.2) is 0 Å². The zero-order valence-electron chi connectivity index (χ0n) is 9.66. The maximum Gasteiger partial charge on any atom is 0.236 e. The van der Waals surface area contributed by atoms with E-state index in [1.165, 1.54) is 0 Å². The molecule has 14 heavy (non-hydrogen) atoms. The number of nitrogens with zero attached hydrogens (tertiary/aromatic N) is 2. The van der Waals surface area contributed by atoms with Gasteiger partial charge in [0.05, 0.1) is 6.54 Å². The fraction of sp³-hybridized carbons (Fsp3) is 0.900. The summed E-state index contributed by atoms with van der Waals surface area (Å²) in [4.78, 5) is 15.5. The highest BCUT2D eigenvalue weighted by Gasteiger charge is 2.12. The first kappa shape index (κ1) is 13.8. The molecule has 0 spiro atoms. The molecule has 0 aromatic rings. The van der Waals surface area contributed by atoms with Gasteiger partial charge >= 0.3 is 0 Å². The van der Waals surface area contributed by atoms with E-state index in [9.17, 15) is 4.79 Å². The maximum atomic E-state index is 11.7. The molecule has 0 radical (unpaired) electrons. The molecule has 3 nitrogen and oxygen atoms in total. The molecule has 0 saturated carbocycles. The SMILES string of the molecule is CCN(CC)C(=O)CN(C)C[C@H](C)S. The van der Waals surface area contributed by atoms with Crippen LogP contribution in [0.1, 0.15) is 20.8 Å². The smallest absolute Gasteiger partial charge is 0.236 e. The van der Waals surface area contributed by atoms with Gasteiger partial charge < -0.3 is 4.90 Å². The molecule has 0 rings (SSSR count). The van der Waals surface area contributed by atoms with Gasteiger partial charge in [-0.25, -0.2) is 0 Å². The third kappa shape index (κ3) is 5.50. The van der Waals surface area contributed by atoms with Crippen LogP contribution in [0.25, 0.3) is 0 Å². The van der Waals surface area contributed by atoms with E-state index in [2.05, 4.69) is 12.6 Å². The number of likely N-dealkylation sites (N-methyl/N-ethyl adjacent to an activating group) is 2. The summed E-state index contributed by atoms with van der Waals surface area (Å²) in [6.45, 7) is 8.95. The van der Waals surface area contributed by atoms with Gasteiger partial charge in [0.15, 0.2) is 0 Å². The first-order chi connectivity index (χ1) is 6.51.